The first-order valence-corrected chi connectivity index (χ1v) is 11.4. The second kappa shape index (κ2) is 9.05. The summed E-state index contributed by atoms with van der Waals surface area (Å²) in [5.74, 6) is -0.753. The predicted molar refractivity (Wildman–Crippen MR) is 122 cm³/mol. The number of piperazine rings is 1. The monoisotopic (exact) mass is 476 g/mol. The molecule has 3 aliphatic rings. The van der Waals surface area contributed by atoms with E-state index in [4.69, 9.17) is 9.47 Å². The molecule has 0 aliphatic carbocycles. The second-order valence-electron chi connectivity index (χ2n) is 9.78. The van der Waals surface area contributed by atoms with Crippen LogP contribution in [-0.2, 0) is 4.74 Å². The summed E-state index contributed by atoms with van der Waals surface area (Å²) in [5, 5.41) is 22.6. The number of amides is 3. The van der Waals surface area contributed by atoms with E-state index in [1.165, 1.54) is 7.11 Å². The summed E-state index contributed by atoms with van der Waals surface area (Å²) in [6, 6.07) is 2.59. The third-order valence-electron chi connectivity index (χ3n) is 6.28. The highest BCUT2D eigenvalue weighted by atomic mass is 16.6. The summed E-state index contributed by atoms with van der Waals surface area (Å²) < 4.78 is 10.9. The van der Waals surface area contributed by atoms with Crippen LogP contribution in [0.4, 0.5) is 10.5 Å². The van der Waals surface area contributed by atoms with Crippen LogP contribution in [-0.4, -0.2) is 95.3 Å². The first-order valence-electron chi connectivity index (χ1n) is 11.4. The van der Waals surface area contributed by atoms with Gasteiger partial charge in [-0.1, -0.05) is 0 Å². The van der Waals surface area contributed by atoms with Crippen LogP contribution >= 0.6 is 0 Å². The molecule has 0 bridgehead atoms. The Bertz CT molecular complexity index is 984. The minimum Gasteiger partial charge on any atom is -0.496 e. The van der Waals surface area contributed by atoms with Crippen molar-refractivity contribution in [1.82, 2.24) is 15.1 Å². The maximum absolute atomic E-state index is 13.3. The van der Waals surface area contributed by atoms with Crippen molar-refractivity contribution >= 4 is 23.6 Å². The average molecular weight is 477 g/mol. The molecule has 2 saturated heterocycles. The van der Waals surface area contributed by atoms with Gasteiger partial charge in [-0.3, -0.25) is 19.8 Å². The molecule has 4 rings (SSSR count). The first kappa shape index (κ1) is 24.2. The number of benzene rings is 1. The quantitative estimate of drug-likeness (QED) is 0.540. The highest BCUT2D eigenvalue weighted by molar-refractivity contribution is 6.23. The zero-order valence-corrected chi connectivity index (χ0v) is 19.9. The summed E-state index contributed by atoms with van der Waals surface area (Å²) in [4.78, 5) is 43.5. The highest BCUT2D eigenvalue weighted by Gasteiger charge is 2.46. The van der Waals surface area contributed by atoms with Gasteiger partial charge in [-0.05, 0) is 39.7 Å². The van der Waals surface area contributed by atoms with Gasteiger partial charge in [0, 0.05) is 37.9 Å². The molecule has 1 aromatic rings. The molecule has 11 nitrogen and oxygen atoms in total. The number of hydrogen-bond donors (Lipinski definition) is 3. The number of nitrogens with zero attached hydrogens (tertiary/aromatic N) is 3. The van der Waals surface area contributed by atoms with E-state index >= 15 is 0 Å². The number of piperidine rings is 1. The number of aliphatic hydroxyl groups excluding tert-OH is 2. The Labute approximate surface area is 198 Å². The van der Waals surface area contributed by atoms with Crippen LogP contribution in [0.15, 0.2) is 12.1 Å². The number of anilines is 1. The van der Waals surface area contributed by atoms with Gasteiger partial charge in [-0.2, -0.15) is 0 Å². The van der Waals surface area contributed by atoms with Crippen molar-refractivity contribution in [3.05, 3.63) is 23.3 Å². The van der Waals surface area contributed by atoms with E-state index < -0.39 is 35.9 Å². The van der Waals surface area contributed by atoms with E-state index in [9.17, 15) is 24.6 Å². The van der Waals surface area contributed by atoms with Crippen molar-refractivity contribution < 1.29 is 34.1 Å². The van der Waals surface area contributed by atoms with Crippen LogP contribution in [0.2, 0.25) is 0 Å². The Hall–Kier alpha value is -2.89. The SMILES string of the molecule is COc1cc(N2CCN(C(=O)OC(C)(C)C)CC2)cc2c1C(=O)N(C1CCC(O)NC1O)C2=O. The number of aliphatic hydroxyl groups is 2. The number of ether oxygens (including phenoxy) is 2. The molecule has 3 unspecified atom stereocenters. The minimum absolute atomic E-state index is 0.168. The van der Waals surface area contributed by atoms with Crippen LogP contribution < -0.4 is 15.0 Å². The Kier molecular flexibility index (Phi) is 6.45. The molecule has 2 fully saturated rings. The van der Waals surface area contributed by atoms with Gasteiger partial charge in [-0.15, -0.1) is 0 Å². The fraction of sp³-hybridized carbons (Fsp3) is 0.609. The number of hydrogen-bond acceptors (Lipinski definition) is 9. The molecule has 0 saturated carbocycles. The molecule has 3 amide bonds. The number of nitrogens with one attached hydrogen (secondary N) is 1. The van der Waals surface area contributed by atoms with Crippen molar-refractivity contribution in [3.63, 3.8) is 0 Å². The van der Waals surface area contributed by atoms with Gasteiger partial charge in [0.05, 0.1) is 24.3 Å². The van der Waals surface area contributed by atoms with Gasteiger partial charge in [0.15, 0.2) is 0 Å². The fourth-order valence-corrected chi connectivity index (χ4v) is 4.60. The number of carbonyl (C=O) groups is 3. The Morgan fingerprint density at radius 1 is 1.06 bits per heavy atom. The van der Waals surface area contributed by atoms with E-state index in [0.717, 1.165) is 4.90 Å². The standard InChI is InChI=1S/C23H32N4O7/c1-23(2,3)34-22(32)26-9-7-25(8-10-26)13-11-14-18(16(12-13)33-4)21(31)27(20(14)30)15-5-6-17(28)24-19(15)29/h11-12,15,17,19,24,28-29H,5-10H2,1-4H3. The molecule has 0 spiro atoms. The molecule has 3 aliphatic heterocycles. The molecule has 3 atom stereocenters. The Morgan fingerprint density at radius 3 is 2.32 bits per heavy atom. The third kappa shape index (κ3) is 4.55. The summed E-state index contributed by atoms with van der Waals surface area (Å²) >= 11 is 0. The number of imide groups is 1. The van der Waals surface area contributed by atoms with Crippen LogP contribution in [0.5, 0.6) is 5.75 Å². The zero-order chi connectivity index (χ0) is 24.8. The van der Waals surface area contributed by atoms with Crippen LogP contribution in [0.1, 0.15) is 54.3 Å². The normalized spacial score (nSPS) is 25.5. The first-order chi connectivity index (χ1) is 16.0. The third-order valence-corrected chi connectivity index (χ3v) is 6.28. The molecule has 34 heavy (non-hydrogen) atoms. The Balaban J connectivity index is 1.53. The van der Waals surface area contributed by atoms with Crippen molar-refractivity contribution in [2.45, 2.75) is 57.7 Å². The lowest BCUT2D eigenvalue weighted by molar-refractivity contribution is -0.0413. The molecule has 3 heterocycles. The predicted octanol–water partition coefficient (Wildman–Crippen LogP) is 0.737. The number of carbonyl (C=O) groups excluding carboxylic acids is 3. The van der Waals surface area contributed by atoms with E-state index in [2.05, 4.69) is 5.32 Å². The summed E-state index contributed by atoms with van der Waals surface area (Å²) in [5.41, 5.74) is 0.522. The van der Waals surface area contributed by atoms with Crippen molar-refractivity contribution in [1.29, 1.82) is 0 Å². The van der Waals surface area contributed by atoms with Crippen molar-refractivity contribution in [2.75, 3.05) is 38.2 Å². The van der Waals surface area contributed by atoms with Crippen LogP contribution in [0.25, 0.3) is 0 Å². The maximum atomic E-state index is 13.3. The smallest absolute Gasteiger partial charge is 0.410 e. The molecular weight excluding hydrogens is 444 g/mol. The summed E-state index contributed by atoms with van der Waals surface area (Å²) in [7, 11) is 1.44. The van der Waals surface area contributed by atoms with Gasteiger partial charge in [0.1, 0.15) is 23.8 Å². The van der Waals surface area contributed by atoms with Gasteiger partial charge in [0.25, 0.3) is 11.8 Å². The molecule has 0 aromatic heterocycles. The largest absolute Gasteiger partial charge is 0.496 e. The van der Waals surface area contributed by atoms with E-state index in [1.807, 2.05) is 25.7 Å². The molecule has 0 radical (unpaired) electrons. The maximum Gasteiger partial charge on any atom is 0.410 e. The Morgan fingerprint density at radius 2 is 1.74 bits per heavy atom. The van der Waals surface area contributed by atoms with Crippen molar-refractivity contribution in [3.8, 4) is 5.75 Å². The van der Waals surface area contributed by atoms with E-state index in [-0.39, 0.29) is 29.4 Å². The van der Waals surface area contributed by atoms with Gasteiger partial charge < -0.3 is 29.5 Å². The molecule has 11 heteroatoms. The lowest BCUT2D eigenvalue weighted by Crippen LogP contribution is -2.58. The minimum atomic E-state index is -1.22. The van der Waals surface area contributed by atoms with E-state index in [0.29, 0.717) is 38.3 Å². The zero-order valence-electron chi connectivity index (χ0n) is 19.9. The van der Waals surface area contributed by atoms with E-state index in [1.54, 1.807) is 17.0 Å². The fourth-order valence-electron chi connectivity index (χ4n) is 4.60. The number of rotatable bonds is 3. The number of fused-ring (bicyclic) bond motifs is 1. The average Bonchev–Trinajstić information content (AvgIpc) is 3.02. The molecule has 186 valence electrons. The second-order valence-corrected chi connectivity index (χ2v) is 9.78. The topological polar surface area (TPSA) is 132 Å². The van der Waals surface area contributed by atoms with Crippen molar-refractivity contribution in [2.24, 2.45) is 0 Å². The highest BCUT2D eigenvalue weighted by Crippen LogP contribution is 2.38. The molecular formula is C23H32N4O7. The number of methoxy groups -OCH3 is 1. The lowest BCUT2D eigenvalue weighted by Gasteiger charge is -2.37. The lowest BCUT2D eigenvalue weighted by atomic mass is 10.0. The van der Waals surface area contributed by atoms with Gasteiger partial charge in [-0.25, -0.2) is 4.79 Å². The van der Waals surface area contributed by atoms with Gasteiger partial charge >= 0.3 is 6.09 Å². The van der Waals surface area contributed by atoms with Crippen LogP contribution in [0, 0.1) is 0 Å². The summed E-state index contributed by atoms with van der Waals surface area (Å²) in [6.45, 7) is 7.43. The van der Waals surface area contributed by atoms with Crippen LogP contribution in [0.3, 0.4) is 0 Å². The molecule has 3 N–H and O–H groups in total. The van der Waals surface area contributed by atoms with Gasteiger partial charge in [0.2, 0.25) is 0 Å². The molecule has 1 aromatic carbocycles. The summed E-state index contributed by atoms with van der Waals surface area (Å²) in [6.07, 6.45) is -1.89.